The van der Waals surface area contributed by atoms with Gasteiger partial charge in [-0.3, -0.25) is 0 Å². The quantitative estimate of drug-likeness (QED) is 0.883. The lowest BCUT2D eigenvalue weighted by molar-refractivity contribution is 0.475. The second-order valence-corrected chi connectivity index (χ2v) is 4.91. The van der Waals surface area contributed by atoms with Gasteiger partial charge < -0.3 is 10.0 Å². The molecule has 0 aromatic heterocycles. The molecule has 0 atom stereocenters. The van der Waals surface area contributed by atoms with Crippen molar-refractivity contribution in [2.75, 3.05) is 11.9 Å². The molecule has 2 aromatic carbocycles. The van der Waals surface area contributed by atoms with Gasteiger partial charge in [-0.2, -0.15) is 0 Å². The maximum atomic E-state index is 9.37. The summed E-state index contributed by atoms with van der Waals surface area (Å²) in [4.78, 5) is 2.36. The Bertz CT molecular complexity index is 543. The minimum atomic E-state index is 0.312. The van der Waals surface area contributed by atoms with E-state index in [0.717, 1.165) is 5.56 Å². The van der Waals surface area contributed by atoms with E-state index in [1.54, 1.807) is 12.1 Å². The molecule has 1 saturated carbocycles. The van der Waals surface area contributed by atoms with E-state index in [1.807, 2.05) is 12.1 Å². The van der Waals surface area contributed by atoms with Crippen LogP contribution < -0.4 is 4.90 Å². The molecule has 1 N–H and O–H groups in total. The highest BCUT2D eigenvalue weighted by Gasteiger charge is 2.27. The van der Waals surface area contributed by atoms with Crippen LogP contribution in [0.3, 0.4) is 0 Å². The highest BCUT2D eigenvalue weighted by molar-refractivity contribution is 5.79. The van der Waals surface area contributed by atoms with Crippen molar-refractivity contribution >= 4 is 5.69 Å². The summed E-state index contributed by atoms with van der Waals surface area (Å²) in [6, 6.07) is 16.6. The first-order valence-electron chi connectivity index (χ1n) is 6.37. The lowest BCUT2D eigenvalue weighted by Gasteiger charge is -2.22. The van der Waals surface area contributed by atoms with Gasteiger partial charge in [0.25, 0.3) is 0 Å². The van der Waals surface area contributed by atoms with Gasteiger partial charge >= 0.3 is 0 Å². The van der Waals surface area contributed by atoms with E-state index in [4.69, 9.17) is 0 Å². The predicted molar refractivity (Wildman–Crippen MR) is 75.0 cm³/mol. The fourth-order valence-electron chi connectivity index (χ4n) is 2.32. The molecule has 0 spiro atoms. The summed E-state index contributed by atoms with van der Waals surface area (Å²) in [5.41, 5.74) is 3.65. The molecule has 0 aliphatic heterocycles. The molecule has 3 rings (SSSR count). The van der Waals surface area contributed by atoms with Crippen LogP contribution in [0.1, 0.15) is 12.8 Å². The topological polar surface area (TPSA) is 23.5 Å². The number of nitrogens with zero attached hydrogens (tertiary/aromatic N) is 1. The molecule has 0 amide bonds. The summed E-state index contributed by atoms with van der Waals surface area (Å²) >= 11 is 0. The maximum absolute atomic E-state index is 9.37. The summed E-state index contributed by atoms with van der Waals surface area (Å²) in [6.45, 7) is 0. The number of hydrogen-bond acceptors (Lipinski definition) is 2. The van der Waals surface area contributed by atoms with E-state index in [0.29, 0.717) is 11.8 Å². The van der Waals surface area contributed by atoms with Crippen molar-refractivity contribution in [3.05, 3.63) is 48.5 Å². The van der Waals surface area contributed by atoms with Gasteiger partial charge in [-0.15, -0.1) is 0 Å². The molecule has 1 fully saturated rings. The predicted octanol–water partition coefficient (Wildman–Crippen LogP) is 3.66. The van der Waals surface area contributed by atoms with E-state index >= 15 is 0 Å². The fraction of sp³-hybridized carbons (Fsp3) is 0.250. The van der Waals surface area contributed by atoms with Crippen LogP contribution in [0.15, 0.2) is 48.5 Å². The Kier molecular flexibility index (Phi) is 2.71. The molecule has 18 heavy (non-hydrogen) atoms. The Morgan fingerprint density at radius 1 is 1.00 bits per heavy atom. The third-order valence-corrected chi connectivity index (χ3v) is 3.56. The zero-order valence-corrected chi connectivity index (χ0v) is 10.5. The molecular weight excluding hydrogens is 222 g/mol. The standard InChI is InChI=1S/C16H17NO/c1-17(13-8-9-13)16-5-3-2-4-15(16)12-6-10-14(18)11-7-12/h2-7,10-11,13,18H,8-9H2,1H3. The summed E-state index contributed by atoms with van der Waals surface area (Å²) in [6.07, 6.45) is 2.58. The van der Waals surface area contributed by atoms with Crippen LogP contribution in [-0.2, 0) is 0 Å². The molecule has 92 valence electrons. The molecular formula is C16H17NO. The van der Waals surface area contributed by atoms with Crippen LogP contribution in [0.2, 0.25) is 0 Å². The average molecular weight is 239 g/mol. The normalized spacial score (nSPS) is 14.5. The monoisotopic (exact) mass is 239 g/mol. The Hall–Kier alpha value is -1.96. The van der Waals surface area contributed by atoms with Crippen molar-refractivity contribution in [1.82, 2.24) is 0 Å². The van der Waals surface area contributed by atoms with Crippen molar-refractivity contribution in [3.63, 3.8) is 0 Å². The second kappa shape index (κ2) is 4.37. The number of phenols is 1. The molecule has 2 aromatic rings. The summed E-state index contributed by atoms with van der Waals surface area (Å²) in [5, 5.41) is 9.37. The summed E-state index contributed by atoms with van der Waals surface area (Å²) < 4.78 is 0. The number of phenolic OH excluding ortho intramolecular Hbond substituents is 1. The molecule has 0 unspecified atom stereocenters. The molecule has 2 nitrogen and oxygen atoms in total. The first kappa shape index (κ1) is 11.1. The molecule has 1 aliphatic rings. The Morgan fingerprint density at radius 3 is 2.33 bits per heavy atom. The van der Waals surface area contributed by atoms with E-state index in [9.17, 15) is 5.11 Å². The lowest BCUT2D eigenvalue weighted by Crippen LogP contribution is -2.19. The summed E-state index contributed by atoms with van der Waals surface area (Å²) in [5.74, 6) is 0.312. The Labute approximate surface area is 107 Å². The van der Waals surface area contributed by atoms with E-state index < -0.39 is 0 Å². The molecule has 0 radical (unpaired) electrons. The summed E-state index contributed by atoms with van der Waals surface area (Å²) in [7, 11) is 2.16. The highest BCUT2D eigenvalue weighted by Crippen LogP contribution is 2.36. The number of aromatic hydroxyl groups is 1. The van der Waals surface area contributed by atoms with Gasteiger partial charge in [-0.05, 0) is 36.6 Å². The molecule has 0 bridgehead atoms. The maximum Gasteiger partial charge on any atom is 0.115 e. The van der Waals surface area contributed by atoms with E-state index in [2.05, 4.69) is 36.2 Å². The molecule has 0 saturated heterocycles. The smallest absolute Gasteiger partial charge is 0.115 e. The van der Waals surface area contributed by atoms with Gasteiger partial charge in [0.05, 0.1) is 0 Å². The van der Waals surface area contributed by atoms with Gasteiger partial charge in [-0.1, -0.05) is 30.3 Å². The van der Waals surface area contributed by atoms with Gasteiger partial charge in [0, 0.05) is 24.3 Å². The Balaban J connectivity index is 2.02. The van der Waals surface area contributed by atoms with Crippen molar-refractivity contribution in [2.45, 2.75) is 18.9 Å². The zero-order valence-electron chi connectivity index (χ0n) is 10.5. The van der Waals surface area contributed by atoms with Crippen molar-refractivity contribution < 1.29 is 5.11 Å². The van der Waals surface area contributed by atoms with Crippen molar-refractivity contribution in [2.24, 2.45) is 0 Å². The van der Waals surface area contributed by atoms with Crippen LogP contribution >= 0.6 is 0 Å². The van der Waals surface area contributed by atoms with Crippen LogP contribution in [0.25, 0.3) is 11.1 Å². The third kappa shape index (κ3) is 2.06. The number of rotatable bonds is 3. The van der Waals surface area contributed by atoms with Gasteiger partial charge in [0.1, 0.15) is 5.75 Å². The SMILES string of the molecule is CN(c1ccccc1-c1ccc(O)cc1)C1CC1. The zero-order chi connectivity index (χ0) is 12.5. The number of benzene rings is 2. The van der Waals surface area contributed by atoms with E-state index in [1.165, 1.54) is 24.1 Å². The first-order chi connectivity index (χ1) is 8.75. The minimum Gasteiger partial charge on any atom is -0.508 e. The van der Waals surface area contributed by atoms with E-state index in [-0.39, 0.29) is 0 Å². The molecule has 0 heterocycles. The number of para-hydroxylation sites is 1. The number of anilines is 1. The molecule has 2 heteroatoms. The van der Waals surface area contributed by atoms with Gasteiger partial charge in [-0.25, -0.2) is 0 Å². The largest absolute Gasteiger partial charge is 0.508 e. The van der Waals surface area contributed by atoms with Crippen molar-refractivity contribution in [3.8, 4) is 16.9 Å². The van der Waals surface area contributed by atoms with Crippen LogP contribution in [0.5, 0.6) is 5.75 Å². The number of hydrogen-bond donors (Lipinski definition) is 1. The van der Waals surface area contributed by atoms with Crippen LogP contribution in [0.4, 0.5) is 5.69 Å². The third-order valence-electron chi connectivity index (χ3n) is 3.56. The fourth-order valence-corrected chi connectivity index (χ4v) is 2.32. The second-order valence-electron chi connectivity index (χ2n) is 4.91. The van der Waals surface area contributed by atoms with Gasteiger partial charge in [0.15, 0.2) is 0 Å². The lowest BCUT2D eigenvalue weighted by atomic mass is 10.0. The van der Waals surface area contributed by atoms with Crippen molar-refractivity contribution in [1.29, 1.82) is 0 Å². The molecule has 1 aliphatic carbocycles. The minimum absolute atomic E-state index is 0.312. The van der Waals surface area contributed by atoms with Crippen LogP contribution in [-0.4, -0.2) is 18.2 Å². The van der Waals surface area contributed by atoms with Crippen LogP contribution in [0, 0.1) is 0 Å². The highest BCUT2D eigenvalue weighted by atomic mass is 16.3. The Morgan fingerprint density at radius 2 is 1.67 bits per heavy atom. The van der Waals surface area contributed by atoms with Gasteiger partial charge in [0.2, 0.25) is 0 Å². The average Bonchev–Trinajstić information content (AvgIpc) is 3.23. The first-order valence-corrected chi connectivity index (χ1v) is 6.37.